The molecule has 0 radical (unpaired) electrons. The predicted molar refractivity (Wildman–Crippen MR) is 129 cm³/mol. The first kappa shape index (κ1) is 23.5. The summed E-state index contributed by atoms with van der Waals surface area (Å²) in [6, 6.07) is 25.6. The van der Waals surface area contributed by atoms with E-state index >= 15 is 0 Å². The van der Waals surface area contributed by atoms with Crippen LogP contribution in [0.5, 0.6) is 0 Å². The van der Waals surface area contributed by atoms with Crippen molar-refractivity contribution in [3.8, 4) is 0 Å². The van der Waals surface area contributed by atoms with Gasteiger partial charge in [-0.15, -0.1) is 0 Å². The Morgan fingerprint density at radius 3 is 1.85 bits per heavy atom. The van der Waals surface area contributed by atoms with Crippen LogP contribution in [0.2, 0.25) is 0 Å². The number of aryl methyl sites for hydroxylation is 1. The van der Waals surface area contributed by atoms with E-state index in [1.165, 1.54) is 0 Å². The third-order valence-electron chi connectivity index (χ3n) is 6.03. The Bertz CT molecular complexity index is 1100. The third-order valence-corrected chi connectivity index (χ3v) is 6.03. The highest BCUT2D eigenvalue weighted by molar-refractivity contribution is 6.03. The number of carbonyl (C=O) groups excluding carboxylic acids is 2. The topological polar surface area (TPSA) is 65.1 Å². The Morgan fingerprint density at radius 2 is 1.32 bits per heavy atom. The number of nitrogens with zero attached hydrogens (tertiary/aromatic N) is 1. The van der Waals surface area contributed by atoms with Gasteiger partial charge in [0.15, 0.2) is 0 Å². The van der Waals surface area contributed by atoms with Crippen molar-refractivity contribution in [3.63, 3.8) is 0 Å². The molecule has 1 fully saturated rings. The van der Waals surface area contributed by atoms with Crippen molar-refractivity contribution in [2.75, 3.05) is 18.3 Å². The lowest BCUT2D eigenvalue weighted by atomic mass is 9.71. The zero-order valence-corrected chi connectivity index (χ0v) is 19.6. The van der Waals surface area contributed by atoms with Crippen LogP contribution in [0.1, 0.15) is 42.7 Å². The fourth-order valence-corrected chi connectivity index (χ4v) is 4.49. The Hall–Kier alpha value is -3.64. The quantitative estimate of drug-likeness (QED) is 0.351. The molecule has 1 aliphatic rings. The minimum atomic E-state index is -1.79. The van der Waals surface area contributed by atoms with E-state index in [2.05, 4.69) is 0 Å². The molecule has 1 heterocycles. The van der Waals surface area contributed by atoms with Gasteiger partial charge in [-0.3, -0.25) is 14.4 Å². The minimum Gasteiger partial charge on any atom is -0.465 e. The lowest BCUT2D eigenvalue weighted by molar-refractivity contribution is -0.177. The lowest BCUT2D eigenvalue weighted by Gasteiger charge is -2.34. The predicted octanol–water partition coefficient (Wildman–Crippen LogP) is 5.34. The molecule has 0 aromatic heterocycles. The summed E-state index contributed by atoms with van der Waals surface area (Å²) in [5, 5.41) is 1.65. The van der Waals surface area contributed by atoms with Gasteiger partial charge in [0.1, 0.15) is 12.1 Å². The largest absolute Gasteiger partial charge is 0.465 e. The van der Waals surface area contributed by atoms with Gasteiger partial charge in [0.25, 0.3) is 0 Å². The normalized spacial score (nSPS) is 19.0. The number of anilines is 1. The van der Waals surface area contributed by atoms with E-state index in [4.69, 9.17) is 14.3 Å². The molecule has 2 atom stereocenters. The summed E-state index contributed by atoms with van der Waals surface area (Å²) >= 11 is 0. The highest BCUT2D eigenvalue weighted by atomic mass is 16.7. The molecule has 1 aliphatic heterocycles. The van der Waals surface area contributed by atoms with E-state index in [1.54, 1.807) is 18.9 Å². The average molecular weight is 460 g/mol. The van der Waals surface area contributed by atoms with Gasteiger partial charge in [0.2, 0.25) is 5.41 Å². The summed E-state index contributed by atoms with van der Waals surface area (Å²) in [5.41, 5.74) is 1.40. The van der Waals surface area contributed by atoms with Crippen LogP contribution in [0, 0.1) is 12.3 Å². The molecule has 3 aromatic carbocycles. The van der Waals surface area contributed by atoms with Gasteiger partial charge in [0, 0.05) is 0 Å². The molecule has 176 valence electrons. The van der Waals surface area contributed by atoms with Crippen molar-refractivity contribution in [2.24, 2.45) is 5.41 Å². The smallest absolute Gasteiger partial charge is 0.329 e. The van der Waals surface area contributed by atoms with Crippen molar-refractivity contribution in [1.82, 2.24) is 0 Å². The number of hydrogen-bond acceptors (Lipinski definition) is 6. The fraction of sp³-hybridized carbons (Fsp3) is 0.286. The second-order valence-corrected chi connectivity index (χ2v) is 8.18. The number of para-hydroxylation sites is 1. The van der Waals surface area contributed by atoms with Crippen LogP contribution in [-0.4, -0.2) is 25.2 Å². The van der Waals surface area contributed by atoms with Crippen LogP contribution in [0.4, 0.5) is 5.69 Å². The SMILES string of the molecule is CCOC(=O)C1(C(=O)OCC)[C@H](c2ccc(C)cc2)ON(c2ccccc2)[C@@H]1c1ccccc1. The monoisotopic (exact) mass is 459 g/mol. The van der Waals surface area contributed by atoms with Gasteiger partial charge in [-0.1, -0.05) is 78.4 Å². The van der Waals surface area contributed by atoms with E-state index in [1.807, 2.05) is 91.9 Å². The second-order valence-electron chi connectivity index (χ2n) is 8.18. The van der Waals surface area contributed by atoms with E-state index in [9.17, 15) is 9.59 Å². The molecule has 0 bridgehead atoms. The molecule has 4 rings (SSSR count). The lowest BCUT2D eigenvalue weighted by Crippen LogP contribution is -2.49. The molecule has 0 aliphatic carbocycles. The van der Waals surface area contributed by atoms with Crippen LogP contribution >= 0.6 is 0 Å². The maximum atomic E-state index is 13.9. The van der Waals surface area contributed by atoms with Crippen LogP contribution in [0.3, 0.4) is 0 Å². The first-order chi connectivity index (χ1) is 16.5. The molecule has 1 saturated heterocycles. The van der Waals surface area contributed by atoms with Gasteiger partial charge in [-0.25, -0.2) is 5.06 Å². The first-order valence-corrected chi connectivity index (χ1v) is 11.5. The molecule has 0 N–H and O–H groups in total. The number of ether oxygens (including phenoxy) is 2. The molecular weight excluding hydrogens is 430 g/mol. The minimum absolute atomic E-state index is 0.119. The van der Waals surface area contributed by atoms with E-state index in [0.29, 0.717) is 11.3 Å². The Kier molecular flexibility index (Phi) is 6.98. The molecule has 0 unspecified atom stereocenters. The number of benzene rings is 3. The average Bonchev–Trinajstić information content (AvgIpc) is 3.23. The van der Waals surface area contributed by atoms with Crippen LogP contribution in [0.15, 0.2) is 84.9 Å². The Morgan fingerprint density at radius 1 is 0.794 bits per heavy atom. The van der Waals surface area contributed by atoms with Crippen LogP contribution < -0.4 is 5.06 Å². The molecule has 34 heavy (non-hydrogen) atoms. The van der Waals surface area contributed by atoms with Crippen molar-refractivity contribution in [2.45, 2.75) is 32.9 Å². The highest BCUT2D eigenvalue weighted by Gasteiger charge is 2.69. The molecule has 3 aromatic rings. The zero-order chi connectivity index (χ0) is 24.1. The number of hydroxylamine groups is 1. The zero-order valence-electron chi connectivity index (χ0n) is 19.6. The number of hydrogen-bond donors (Lipinski definition) is 0. The van der Waals surface area contributed by atoms with Gasteiger partial charge < -0.3 is 9.47 Å². The number of carbonyl (C=O) groups is 2. The summed E-state index contributed by atoms with van der Waals surface area (Å²) in [7, 11) is 0. The van der Waals surface area contributed by atoms with Gasteiger partial charge >= 0.3 is 11.9 Å². The maximum absolute atomic E-state index is 13.9. The van der Waals surface area contributed by atoms with E-state index < -0.39 is 29.5 Å². The Labute approximate surface area is 200 Å². The van der Waals surface area contributed by atoms with Gasteiger partial charge in [0.05, 0.1) is 18.9 Å². The van der Waals surface area contributed by atoms with E-state index in [-0.39, 0.29) is 13.2 Å². The first-order valence-electron chi connectivity index (χ1n) is 11.5. The highest BCUT2D eigenvalue weighted by Crippen LogP contribution is 2.58. The van der Waals surface area contributed by atoms with Crippen molar-refractivity contribution < 1.29 is 23.9 Å². The maximum Gasteiger partial charge on any atom is 0.329 e. The molecular formula is C28H29NO5. The van der Waals surface area contributed by atoms with Crippen LogP contribution in [-0.2, 0) is 23.9 Å². The fourth-order valence-electron chi connectivity index (χ4n) is 4.49. The van der Waals surface area contributed by atoms with Crippen molar-refractivity contribution in [1.29, 1.82) is 0 Å². The summed E-state index contributed by atoms with van der Waals surface area (Å²) < 4.78 is 11.1. The molecule has 0 amide bonds. The van der Waals surface area contributed by atoms with Gasteiger partial charge in [-0.2, -0.15) is 0 Å². The standard InChI is InChI=1S/C28H29NO5/c1-4-32-26(30)28(27(31)33-5-2)24(21-12-8-6-9-13-21)29(23-14-10-7-11-15-23)34-25(28)22-18-16-20(3)17-19-22/h6-19,24-25H,4-5H2,1-3H3/t24-,25+/m1/s1. The Balaban J connectivity index is 2.02. The number of rotatable bonds is 7. The summed E-state index contributed by atoms with van der Waals surface area (Å²) in [5.74, 6) is -1.35. The summed E-state index contributed by atoms with van der Waals surface area (Å²) in [4.78, 5) is 34.3. The summed E-state index contributed by atoms with van der Waals surface area (Å²) in [6.45, 7) is 5.66. The molecule has 0 spiro atoms. The summed E-state index contributed by atoms with van der Waals surface area (Å²) in [6.07, 6.45) is -0.961. The molecule has 6 nitrogen and oxygen atoms in total. The second kappa shape index (κ2) is 10.1. The third kappa shape index (κ3) is 4.05. The molecule has 6 heteroatoms. The molecule has 0 saturated carbocycles. The van der Waals surface area contributed by atoms with E-state index in [0.717, 1.165) is 11.1 Å². The van der Waals surface area contributed by atoms with Crippen LogP contribution in [0.25, 0.3) is 0 Å². The van der Waals surface area contributed by atoms with Crippen molar-refractivity contribution in [3.05, 3.63) is 102 Å². The van der Waals surface area contributed by atoms with Crippen molar-refractivity contribution >= 4 is 17.6 Å². The van der Waals surface area contributed by atoms with Gasteiger partial charge in [-0.05, 0) is 44.0 Å². The number of esters is 2.